The van der Waals surface area contributed by atoms with Crippen molar-refractivity contribution in [2.45, 2.75) is 38.3 Å². The number of nitrogens with two attached hydrogens (primary N) is 1. The number of benzene rings is 1. The number of carbonyl (C=O) groups excluding carboxylic acids is 2. The standard InChI is InChI=1S/C18H28N4O2.ClH/c1-18(13-19,15-8-9-15)21-16(23)10-11-20-17(24)22(2)12-14-6-4-3-5-7-14;/h3-7,15H,8-13,19H2,1-2H3,(H,20,24)(H,21,23);1H. The number of nitrogens with zero attached hydrogens (tertiary/aromatic N) is 1. The van der Waals surface area contributed by atoms with Gasteiger partial charge < -0.3 is 21.3 Å². The number of nitrogens with one attached hydrogen (secondary N) is 2. The van der Waals surface area contributed by atoms with E-state index in [0.717, 1.165) is 18.4 Å². The lowest BCUT2D eigenvalue weighted by molar-refractivity contribution is -0.122. The molecule has 1 aromatic rings. The number of carbonyl (C=O) groups is 2. The van der Waals surface area contributed by atoms with Crippen LogP contribution in [0.3, 0.4) is 0 Å². The van der Waals surface area contributed by atoms with Crippen LogP contribution in [0.15, 0.2) is 30.3 Å². The molecule has 0 saturated heterocycles. The van der Waals surface area contributed by atoms with Crippen molar-refractivity contribution in [2.24, 2.45) is 11.7 Å². The fraction of sp³-hybridized carbons (Fsp3) is 0.556. The summed E-state index contributed by atoms with van der Waals surface area (Å²) in [7, 11) is 1.74. The summed E-state index contributed by atoms with van der Waals surface area (Å²) in [6.45, 7) is 3.28. The van der Waals surface area contributed by atoms with Gasteiger partial charge in [-0.2, -0.15) is 0 Å². The zero-order valence-corrected chi connectivity index (χ0v) is 15.8. The van der Waals surface area contributed by atoms with Gasteiger partial charge in [-0.15, -0.1) is 12.4 Å². The van der Waals surface area contributed by atoms with Crippen LogP contribution < -0.4 is 16.4 Å². The number of urea groups is 1. The lowest BCUT2D eigenvalue weighted by Gasteiger charge is -2.29. The van der Waals surface area contributed by atoms with E-state index in [4.69, 9.17) is 5.73 Å². The molecule has 1 atom stereocenters. The fourth-order valence-electron chi connectivity index (χ4n) is 2.77. The van der Waals surface area contributed by atoms with Crippen LogP contribution in [0.5, 0.6) is 0 Å². The molecule has 7 heteroatoms. The van der Waals surface area contributed by atoms with E-state index in [1.807, 2.05) is 37.3 Å². The Bertz CT molecular complexity index is 565. The molecule has 6 nitrogen and oxygen atoms in total. The van der Waals surface area contributed by atoms with Gasteiger partial charge in [0.2, 0.25) is 5.91 Å². The quantitative estimate of drug-likeness (QED) is 0.654. The average molecular weight is 369 g/mol. The summed E-state index contributed by atoms with van der Waals surface area (Å²) in [6.07, 6.45) is 2.50. The second-order valence-electron chi connectivity index (χ2n) is 6.77. The minimum atomic E-state index is -0.314. The molecule has 1 aromatic carbocycles. The molecule has 3 amide bonds. The predicted octanol–water partition coefficient (Wildman–Crippen LogP) is 1.88. The summed E-state index contributed by atoms with van der Waals surface area (Å²) in [5.41, 5.74) is 6.55. The molecule has 25 heavy (non-hydrogen) atoms. The van der Waals surface area contributed by atoms with Gasteiger partial charge in [-0.25, -0.2) is 4.79 Å². The Morgan fingerprint density at radius 1 is 1.28 bits per heavy atom. The number of hydrogen-bond acceptors (Lipinski definition) is 3. The van der Waals surface area contributed by atoms with Crippen LogP contribution in [-0.4, -0.2) is 42.5 Å². The van der Waals surface area contributed by atoms with Gasteiger partial charge in [-0.3, -0.25) is 4.79 Å². The van der Waals surface area contributed by atoms with Gasteiger partial charge in [0, 0.05) is 33.1 Å². The smallest absolute Gasteiger partial charge is 0.317 e. The van der Waals surface area contributed by atoms with Crippen LogP contribution in [0.4, 0.5) is 4.79 Å². The van der Waals surface area contributed by atoms with Gasteiger partial charge in [0.25, 0.3) is 0 Å². The topological polar surface area (TPSA) is 87.5 Å². The summed E-state index contributed by atoms with van der Waals surface area (Å²) >= 11 is 0. The van der Waals surface area contributed by atoms with E-state index < -0.39 is 0 Å². The Balaban J connectivity index is 0.00000312. The van der Waals surface area contributed by atoms with E-state index in [2.05, 4.69) is 10.6 Å². The summed E-state index contributed by atoms with van der Waals surface area (Å²) in [4.78, 5) is 25.7. The molecule has 140 valence electrons. The average Bonchev–Trinajstić information content (AvgIpc) is 3.41. The molecule has 0 bridgehead atoms. The van der Waals surface area contributed by atoms with Crippen molar-refractivity contribution >= 4 is 24.3 Å². The Kier molecular flexibility index (Phi) is 8.19. The third-order valence-corrected chi connectivity index (χ3v) is 4.56. The maximum absolute atomic E-state index is 12.1. The molecule has 0 radical (unpaired) electrons. The van der Waals surface area contributed by atoms with Crippen LogP contribution in [0, 0.1) is 5.92 Å². The molecule has 1 aliphatic carbocycles. The summed E-state index contributed by atoms with van der Waals surface area (Å²) in [5, 5.41) is 5.80. The summed E-state index contributed by atoms with van der Waals surface area (Å²) in [6, 6.07) is 9.60. The Hall–Kier alpha value is -1.79. The summed E-state index contributed by atoms with van der Waals surface area (Å²) < 4.78 is 0. The number of rotatable bonds is 8. The highest BCUT2D eigenvalue weighted by molar-refractivity contribution is 5.85. The molecule has 0 aliphatic heterocycles. The minimum absolute atomic E-state index is 0. The van der Waals surface area contributed by atoms with E-state index in [1.165, 1.54) is 0 Å². The van der Waals surface area contributed by atoms with Gasteiger partial charge in [0.05, 0.1) is 5.54 Å². The molecule has 2 rings (SSSR count). The van der Waals surface area contributed by atoms with E-state index >= 15 is 0 Å². The third kappa shape index (κ3) is 6.55. The molecule has 0 heterocycles. The molecule has 0 spiro atoms. The van der Waals surface area contributed by atoms with E-state index in [-0.39, 0.29) is 36.3 Å². The molecule has 4 N–H and O–H groups in total. The van der Waals surface area contributed by atoms with Crippen molar-refractivity contribution in [2.75, 3.05) is 20.1 Å². The zero-order valence-electron chi connectivity index (χ0n) is 15.0. The van der Waals surface area contributed by atoms with Crippen LogP contribution in [0.1, 0.15) is 31.7 Å². The van der Waals surface area contributed by atoms with Crippen molar-refractivity contribution in [3.8, 4) is 0 Å². The van der Waals surface area contributed by atoms with Gasteiger partial charge >= 0.3 is 6.03 Å². The largest absolute Gasteiger partial charge is 0.349 e. The molecule has 1 aliphatic rings. The fourth-order valence-corrected chi connectivity index (χ4v) is 2.77. The molecule has 0 aromatic heterocycles. The van der Waals surface area contributed by atoms with Crippen LogP contribution in [0.2, 0.25) is 0 Å². The van der Waals surface area contributed by atoms with Crippen molar-refractivity contribution in [1.82, 2.24) is 15.5 Å². The monoisotopic (exact) mass is 368 g/mol. The molecule has 1 saturated carbocycles. The van der Waals surface area contributed by atoms with E-state index in [9.17, 15) is 9.59 Å². The first-order valence-corrected chi connectivity index (χ1v) is 8.48. The normalized spacial score (nSPS) is 15.5. The second-order valence-corrected chi connectivity index (χ2v) is 6.77. The molecule has 1 unspecified atom stereocenters. The third-order valence-electron chi connectivity index (χ3n) is 4.56. The van der Waals surface area contributed by atoms with Gasteiger partial charge in [-0.05, 0) is 31.2 Å². The Morgan fingerprint density at radius 2 is 1.92 bits per heavy atom. The number of hydrogen-bond donors (Lipinski definition) is 3. The highest BCUT2D eigenvalue weighted by atomic mass is 35.5. The van der Waals surface area contributed by atoms with E-state index in [1.54, 1.807) is 11.9 Å². The van der Waals surface area contributed by atoms with Gasteiger partial charge in [0.15, 0.2) is 0 Å². The molecular weight excluding hydrogens is 340 g/mol. The zero-order chi connectivity index (χ0) is 17.6. The predicted molar refractivity (Wildman–Crippen MR) is 101 cm³/mol. The van der Waals surface area contributed by atoms with Crippen molar-refractivity contribution in [3.05, 3.63) is 35.9 Å². The van der Waals surface area contributed by atoms with Crippen molar-refractivity contribution < 1.29 is 9.59 Å². The molecular formula is C18H29ClN4O2. The highest BCUT2D eigenvalue weighted by Crippen LogP contribution is 2.38. The van der Waals surface area contributed by atoms with Gasteiger partial charge in [0.1, 0.15) is 0 Å². The SMILES string of the molecule is CN(Cc1ccccc1)C(=O)NCCC(=O)NC(C)(CN)C1CC1.Cl. The van der Waals surface area contributed by atoms with Crippen LogP contribution in [-0.2, 0) is 11.3 Å². The first-order valence-electron chi connectivity index (χ1n) is 8.48. The minimum Gasteiger partial charge on any atom is -0.349 e. The highest BCUT2D eigenvalue weighted by Gasteiger charge is 2.41. The van der Waals surface area contributed by atoms with E-state index in [0.29, 0.717) is 25.6 Å². The maximum Gasteiger partial charge on any atom is 0.317 e. The first kappa shape index (κ1) is 21.3. The van der Waals surface area contributed by atoms with Crippen LogP contribution >= 0.6 is 12.4 Å². The van der Waals surface area contributed by atoms with Gasteiger partial charge in [-0.1, -0.05) is 30.3 Å². The van der Waals surface area contributed by atoms with Crippen LogP contribution in [0.25, 0.3) is 0 Å². The Labute approximate surface area is 155 Å². The number of amides is 3. The summed E-state index contributed by atoms with van der Waals surface area (Å²) in [5.74, 6) is 0.416. The maximum atomic E-state index is 12.1. The molecule has 1 fully saturated rings. The number of halogens is 1. The lowest BCUT2D eigenvalue weighted by Crippen LogP contribution is -2.53. The lowest BCUT2D eigenvalue weighted by atomic mass is 9.96. The van der Waals surface area contributed by atoms with Crippen molar-refractivity contribution in [3.63, 3.8) is 0 Å². The second kappa shape index (κ2) is 9.63. The first-order chi connectivity index (χ1) is 11.4. The Morgan fingerprint density at radius 3 is 2.48 bits per heavy atom. The van der Waals surface area contributed by atoms with Crippen molar-refractivity contribution in [1.29, 1.82) is 0 Å².